The molecule has 0 radical (unpaired) electrons. The third-order valence-electron chi connectivity index (χ3n) is 2.47. The number of hydrogen-bond acceptors (Lipinski definition) is 3. The Kier molecular flexibility index (Phi) is 3.58. The molecule has 0 bridgehead atoms. The highest BCUT2D eigenvalue weighted by atomic mass is 32.1. The van der Waals surface area contributed by atoms with E-state index < -0.39 is 5.97 Å². The van der Waals surface area contributed by atoms with E-state index in [2.05, 4.69) is 11.1 Å². The first-order valence-electron chi connectivity index (χ1n) is 5.52. The Hall–Kier alpha value is -1.94. The number of hydrogen-bond donors (Lipinski definition) is 1. The van der Waals surface area contributed by atoms with Crippen LogP contribution in [-0.2, 0) is 4.79 Å². The molecule has 0 aliphatic rings. The maximum absolute atomic E-state index is 10.5. The molecule has 0 unspecified atom stereocenters. The Bertz CT molecular complexity index is 614. The fraction of sp³-hybridized carbons (Fsp3) is 0.143. The van der Waals surface area contributed by atoms with E-state index in [-0.39, 0.29) is 0 Å². The van der Waals surface area contributed by atoms with Gasteiger partial charge in [-0.25, -0.2) is 9.78 Å². The number of benzene rings is 1. The van der Waals surface area contributed by atoms with E-state index in [4.69, 9.17) is 5.11 Å². The highest BCUT2D eigenvalue weighted by Crippen LogP contribution is 2.29. The first-order chi connectivity index (χ1) is 8.56. The fourth-order valence-electron chi connectivity index (χ4n) is 1.61. The SMILES string of the molecule is Cc1cccc(-c2nc(C)c(/C=C/C(=O)O)s2)c1. The summed E-state index contributed by atoms with van der Waals surface area (Å²) in [6.07, 6.45) is 2.73. The van der Waals surface area contributed by atoms with Crippen molar-refractivity contribution in [1.82, 2.24) is 4.98 Å². The average molecular weight is 259 g/mol. The highest BCUT2D eigenvalue weighted by molar-refractivity contribution is 7.16. The molecule has 0 atom stereocenters. The number of aryl methyl sites for hydroxylation is 2. The summed E-state index contributed by atoms with van der Waals surface area (Å²) >= 11 is 1.50. The minimum absolute atomic E-state index is 0.856. The number of nitrogens with zero attached hydrogens (tertiary/aromatic N) is 1. The summed E-state index contributed by atoms with van der Waals surface area (Å²) in [5.41, 5.74) is 3.11. The van der Waals surface area contributed by atoms with Gasteiger partial charge in [0.05, 0.1) is 10.6 Å². The molecular weight excluding hydrogens is 246 g/mol. The Morgan fingerprint density at radius 2 is 2.17 bits per heavy atom. The minimum Gasteiger partial charge on any atom is -0.478 e. The topological polar surface area (TPSA) is 50.2 Å². The van der Waals surface area contributed by atoms with Gasteiger partial charge in [-0.15, -0.1) is 11.3 Å². The van der Waals surface area contributed by atoms with E-state index in [1.165, 1.54) is 16.9 Å². The molecule has 0 saturated carbocycles. The molecule has 92 valence electrons. The lowest BCUT2D eigenvalue weighted by Crippen LogP contribution is -1.85. The van der Waals surface area contributed by atoms with Crippen molar-refractivity contribution in [2.75, 3.05) is 0 Å². The molecule has 3 nitrogen and oxygen atoms in total. The smallest absolute Gasteiger partial charge is 0.328 e. The molecule has 0 aliphatic carbocycles. The zero-order chi connectivity index (χ0) is 13.1. The maximum Gasteiger partial charge on any atom is 0.328 e. The van der Waals surface area contributed by atoms with Gasteiger partial charge in [0, 0.05) is 11.6 Å². The molecule has 2 aromatic rings. The second-order valence-corrected chi connectivity index (χ2v) is 5.04. The highest BCUT2D eigenvalue weighted by Gasteiger charge is 2.07. The summed E-state index contributed by atoms with van der Waals surface area (Å²) in [5, 5.41) is 9.54. The van der Waals surface area contributed by atoms with Gasteiger partial charge >= 0.3 is 5.97 Å². The second-order valence-electron chi connectivity index (χ2n) is 4.01. The third kappa shape index (κ3) is 2.84. The summed E-state index contributed by atoms with van der Waals surface area (Å²) in [4.78, 5) is 15.9. The zero-order valence-corrected chi connectivity index (χ0v) is 11.0. The molecular formula is C14H13NO2S. The van der Waals surface area contributed by atoms with Gasteiger partial charge in [0.2, 0.25) is 0 Å². The summed E-state index contributed by atoms with van der Waals surface area (Å²) in [6.45, 7) is 3.92. The Balaban J connectivity index is 2.37. The molecule has 18 heavy (non-hydrogen) atoms. The first-order valence-corrected chi connectivity index (χ1v) is 6.33. The van der Waals surface area contributed by atoms with Crippen LogP contribution in [0.5, 0.6) is 0 Å². The van der Waals surface area contributed by atoms with Crippen LogP contribution in [0.2, 0.25) is 0 Å². The van der Waals surface area contributed by atoms with Crippen LogP contribution in [0.3, 0.4) is 0 Å². The monoisotopic (exact) mass is 259 g/mol. The molecule has 0 amide bonds. The van der Waals surface area contributed by atoms with Crippen LogP contribution in [-0.4, -0.2) is 16.1 Å². The van der Waals surface area contributed by atoms with E-state index in [0.29, 0.717) is 0 Å². The van der Waals surface area contributed by atoms with Crippen LogP contribution in [0.25, 0.3) is 16.6 Å². The Morgan fingerprint density at radius 3 is 2.83 bits per heavy atom. The number of thiazole rings is 1. The second kappa shape index (κ2) is 5.14. The maximum atomic E-state index is 10.5. The predicted molar refractivity (Wildman–Crippen MR) is 73.7 cm³/mol. The van der Waals surface area contributed by atoms with Crippen LogP contribution in [0.15, 0.2) is 30.3 Å². The number of aliphatic carboxylic acids is 1. The van der Waals surface area contributed by atoms with Crippen molar-refractivity contribution in [2.45, 2.75) is 13.8 Å². The quantitative estimate of drug-likeness (QED) is 0.858. The number of carbonyl (C=O) groups is 1. The molecule has 2 rings (SSSR count). The standard InChI is InChI=1S/C14H13NO2S/c1-9-4-3-5-11(8-9)14-15-10(2)12(18-14)6-7-13(16)17/h3-8H,1-2H3,(H,16,17)/b7-6+. The van der Waals surface area contributed by atoms with Gasteiger partial charge in [-0.1, -0.05) is 23.8 Å². The first kappa shape index (κ1) is 12.5. The van der Waals surface area contributed by atoms with Gasteiger partial charge in [0.15, 0.2) is 0 Å². The van der Waals surface area contributed by atoms with Gasteiger partial charge in [-0.05, 0) is 26.0 Å². The lowest BCUT2D eigenvalue weighted by atomic mass is 10.1. The predicted octanol–water partition coefficient (Wildman–Crippen LogP) is 3.52. The normalized spacial score (nSPS) is 11.0. The molecule has 0 spiro atoms. The largest absolute Gasteiger partial charge is 0.478 e. The lowest BCUT2D eigenvalue weighted by molar-refractivity contribution is -0.131. The van der Waals surface area contributed by atoms with Crippen molar-refractivity contribution >= 4 is 23.4 Å². The number of carboxylic acids is 1. The molecule has 1 aromatic heterocycles. The summed E-state index contributed by atoms with van der Waals surface area (Å²) in [7, 11) is 0. The molecule has 0 fully saturated rings. The van der Waals surface area contributed by atoms with E-state index in [0.717, 1.165) is 27.2 Å². The summed E-state index contributed by atoms with van der Waals surface area (Å²) in [5.74, 6) is -0.945. The number of rotatable bonds is 3. The van der Waals surface area contributed by atoms with Gasteiger partial charge < -0.3 is 5.11 Å². The van der Waals surface area contributed by atoms with Crippen LogP contribution in [0, 0.1) is 13.8 Å². The van der Waals surface area contributed by atoms with Gasteiger partial charge in [0.1, 0.15) is 5.01 Å². The van der Waals surface area contributed by atoms with Crippen molar-refractivity contribution in [1.29, 1.82) is 0 Å². The lowest BCUT2D eigenvalue weighted by Gasteiger charge is -1.96. The van der Waals surface area contributed by atoms with Crippen molar-refractivity contribution in [3.05, 3.63) is 46.5 Å². The van der Waals surface area contributed by atoms with Gasteiger partial charge in [-0.3, -0.25) is 0 Å². The van der Waals surface area contributed by atoms with E-state index in [1.54, 1.807) is 6.08 Å². The number of carboxylic acid groups (broad SMARTS) is 1. The minimum atomic E-state index is -0.945. The van der Waals surface area contributed by atoms with Crippen molar-refractivity contribution < 1.29 is 9.90 Å². The molecule has 1 N–H and O–H groups in total. The fourth-order valence-corrected chi connectivity index (χ4v) is 2.58. The number of aromatic nitrogens is 1. The molecule has 4 heteroatoms. The van der Waals surface area contributed by atoms with E-state index in [1.807, 2.05) is 32.0 Å². The van der Waals surface area contributed by atoms with Crippen molar-refractivity contribution in [3.63, 3.8) is 0 Å². The van der Waals surface area contributed by atoms with Crippen LogP contribution in [0.1, 0.15) is 16.1 Å². The average Bonchev–Trinajstić information content (AvgIpc) is 2.68. The van der Waals surface area contributed by atoms with E-state index >= 15 is 0 Å². The van der Waals surface area contributed by atoms with Crippen LogP contribution < -0.4 is 0 Å². The third-order valence-corrected chi connectivity index (χ3v) is 3.65. The molecule has 0 aliphatic heterocycles. The van der Waals surface area contributed by atoms with Gasteiger partial charge in [-0.2, -0.15) is 0 Å². The van der Waals surface area contributed by atoms with Crippen LogP contribution >= 0.6 is 11.3 Å². The van der Waals surface area contributed by atoms with Crippen molar-refractivity contribution in [3.8, 4) is 10.6 Å². The Labute approximate surface area is 109 Å². The molecule has 1 aromatic carbocycles. The van der Waals surface area contributed by atoms with Crippen LogP contribution in [0.4, 0.5) is 0 Å². The van der Waals surface area contributed by atoms with Gasteiger partial charge in [0.25, 0.3) is 0 Å². The molecule has 1 heterocycles. The Morgan fingerprint density at radius 1 is 1.39 bits per heavy atom. The summed E-state index contributed by atoms with van der Waals surface area (Å²) < 4.78 is 0. The van der Waals surface area contributed by atoms with E-state index in [9.17, 15) is 4.79 Å². The molecule has 0 saturated heterocycles. The summed E-state index contributed by atoms with van der Waals surface area (Å²) in [6, 6.07) is 8.11. The zero-order valence-electron chi connectivity index (χ0n) is 10.2. The van der Waals surface area contributed by atoms with Crippen molar-refractivity contribution in [2.24, 2.45) is 0 Å².